The molecule has 0 saturated carbocycles. The fourth-order valence-corrected chi connectivity index (χ4v) is 3.21. The predicted octanol–water partition coefficient (Wildman–Crippen LogP) is 0.910. The van der Waals surface area contributed by atoms with Crippen molar-refractivity contribution in [1.29, 1.82) is 5.26 Å². The maximum atomic E-state index is 12.3. The van der Waals surface area contributed by atoms with Crippen molar-refractivity contribution in [1.82, 2.24) is 15.0 Å². The summed E-state index contributed by atoms with van der Waals surface area (Å²) in [5.41, 5.74) is 0.135. The molecule has 3 aromatic rings. The normalized spacial score (nSPS) is 14.0. The molecular weight excluding hydrogens is 452 g/mol. The first-order valence-corrected chi connectivity index (χ1v) is 10.4. The molecule has 1 aliphatic heterocycles. The number of pyridine rings is 1. The van der Waals surface area contributed by atoms with E-state index in [9.17, 15) is 9.50 Å². The number of halogens is 2. The molecule has 1 fully saturated rings. The predicted molar refractivity (Wildman–Crippen MR) is 124 cm³/mol. The monoisotopic (exact) mass is 471 g/mol. The molecule has 11 heteroatoms. The fraction of sp³-hybridized carbons (Fsp3) is 0.261. The largest absolute Gasteiger partial charge is 1.00 e. The van der Waals surface area contributed by atoms with Crippen molar-refractivity contribution in [3.8, 4) is 6.07 Å². The van der Waals surface area contributed by atoms with Crippen LogP contribution in [0.3, 0.4) is 0 Å². The van der Waals surface area contributed by atoms with Crippen molar-refractivity contribution in [2.24, 2.45) is 0 Å². The van der Waals surface area contributed by atoms with Crippen molar-refractivity contribution >= 4 is 35.3 Å². The van der Waals surface area contributed by atoms with E-state index >= 15 is 0 Å². The molecule has 0 unspecified atom stereocenters. The number of hydrogen-bond donors (Lipinski definition) is 2. The average Bonchev–Trinajstić information content (AvgIpc) is 2.79. The summed E-state index contributed by atoms with van der Waals surface area (Å²) in [7, 11) is 0. The Bertz CT molecular complexity index is 1120. The zero-order chi connectivity index (χ0) is 23.8. The van der Waals surface area contributed by atoms with E-state index in [1.54, 1.807) is 12.1 Å². The first-order valence-electron chi connectivity index (χ1n) is 9.98. The van der Waals surface area contributed by atoms with E-state index in [0.29, 0.717) is 17.2 Å². The number of aliphatic hydroxyl groups is 1. The summed E-state index contributed by atoms with van der Waals surface area (Å²) in [6, 6.07) is 12.8. The van der Waals surface area contributed by atoms with E-state index < -0.39 is 11.4 Å². The Kier molecular flexibility index (Phi) is 9.97. The molecule has 8 nitrogen and oxygen atoms in total. The van der Waals surface area contributed by atoms with Crippen LogP contribution in [0.15, 0.2) is 36.8 Å². The van der Waals surface area contributed by atoms with Gasteiger partial charge in [0.05, 0.1) is 11.7 Å². The Hall–Kier alpha value is -3.01. The van der Waals surface area contributed by atoms with Gasteiger partial charge in [0.1, 0.15) is 18.0 Å². The molecule has 4 rings (SSSR count). The molecule has 1 aromatic carbocycles. The standard InChI is InChI=1S/C16H18N6O.C7H2ClFN.Li/c1-16(23)4-6-22(7-5-16)15-8-14(19-11-20-15)21-13-3-2-12(9-17)10-18-13;8-6-1-5(4-10)2-7(9)3-6;/h3,8-11,23H,4-7H2,1H3,(H,18,19,20,21);1-2H;/q-2;-1;+1. The van der Waals surface area contributed by atoms with Crippen LogP contribution in [0.1, 0.15) is 30.9 Å². The van der Waals surface area contributed by atoms with Gasteiger partial charge in [0, 0.05) is 30.8 Å². The molecule has 170 valence electrons. The maximum Gasteiger partial charge on any atom is 1.00 e. The second-order valence-electron chi connectivity index (χ2n) is 7.56. The summed E-state index contributed by atoms with van der Waals surface area (Å²) >= 11 is 5.38. The number of piperidine rings is 1. The third-order valence-electron chi connectivity index (χ3n) is 4.86. The molecule has 0 aliphatic carbocycles. The minimum absolute atomic E-state index is 0. The van der Waals surface area contributed by atoms with Crippen LogP contribution in [0.2, 0.25) is 5.02 Å². The summed E-state index contributed by atoms with van der Waals surface area (Å²) in [5, 5.41) is 30.4. The quantitative estimate of drug-likeness (QED) is 0.329. The third kappa shape index (κ3) is 8.09. The van der Waals surface area contributed by atoms with Crippen molar-refractivity contribution in [2.45, 2.75) is 25.4 Å². The number of nitrogens with one attached hydrogen (secondary N) is 1. The van der Waals surface area contributed by atoms with E-state index in [1.165, 1.54) is 18.6 Å². The van der Waals surface area contributed by atoms with Gasteiger partial charge in [-0.2, -0.15) is 10.8 Å². The van der Waals surface area contributed by atoms with Crippen LogP contribution in [-0.4, -0.2) is 45.0 Å². The van der Waals surface area contributed by atoms with Gasteiger partial charge in [-0.05, 0) is 19.8 Å². The second-order valence-corrected chi connectivity index (χ2v) is 7.97. The number of nitriles is 1. The topological polar surface area (TPSA) is 120 Å². The summed E-state index contributed by atoms with van der Waals surface area (Å²) in [4.78, 5) is 14.8. The van der Waals surface area contributed by atoms with E-state index in [2.05, 4.69) is 37.3 Å². The molecule has 34 heavy (non-hydrogen) atoms. The molecule has 2 N–H and O–H groups in total. The Labute approximate surface area is 214 Å². The Balaban J connectivity index is 0.000000314. The van der Waals surface area contributed by atoms with Gasteiger partial charge in [0.2, 0.25) is 0 Å². The van der Waals surface area contributed by atoms with E-state index in [1.807, 2.05) is 13.0 Å². The first kappa shape index (κ1) is 27.2. The maximum absolute atomic E-state index is 12.3. The van der Waals surface area contributed by atoms with Crippen LogP contribution in [0.4, 0.5) is 21.8 Å². The molecule has 3 heterocycles. The van der Waals surface area contributed by atoms with Gasteiger partial charge in [-0.1, -0.05) is 16.8 Å². The molecule has 0 spiro atoms. The van der Waals surface area contributed by atoms with E-state index in [-0.39, 0.29) is 29.4 Å². The van der Waals surface area contributed by atoms with Gasteiger partial charge in [-0.3, -0.25) is 6.21 Å². The van der Waals surface area contributed by atoms with Crippen LogP contribution < -0.4 is 29.1 Å². The molecule has 0 bridgehead atoms. The van der Waals surface area contributed by atoms with Crippen LogP contribution in [0.25, 0.3) is 5.41 Å². The van der Waals surface area contributed by atoms with Crippen LogP contribution in [0.5, 0.6) is 0 Å². The van der Waals surface area contributed by atoms with Gasteiger partial charge in [0.25, 0.3) is 0 Å². The van der Waals surface area contributed by atoms with Crippen molar-refractivity contribution in [2.75, 3.05) is 23.3 Å². The molecule has 1 saturated heterocycles. The van der Waals surface area contributed by atoms with Gasteiger partial charge < -0.3 is 25.7 Å². The smallest absolute Gasteiger partial charge is 0.862 e. The average molecular weight is 472 g/mol. The van der Waals surface area contributed by atoms with Crippen molar-refractivity contribution in [3.63, 3.8) is 0 Å². The zero-order valence-electron chi connectivity index (χ0n) is 18.8. The minimum atomic E-state index is -0.607. The molecule has 2 aromatic heterocycles. The molecule has 0 atom stereocenters. The van der Waals surface area contributed by atoms with Gasteiger partial charge in [0.15, 0.2) is 0 Å². The SMILES string of the molecule is CC1(O)CCN(c2cc(Nc3c[c-]c(C=[N-])cn3)ncn2)CC1.N#Cc1cc(F)[c-]c(Cl)c1.[Li+]. The Morgan fingerprint density at radius 3 is 2.59 bits per heavy atom. The number of benzene rings is 1. The second kappa shape index (κ2) is 12.5. The third-order valence-corrected chi connectivity index (χ3v) is 5.07. The Morgan fingerprint density at radius 2 is 2.00 bits per heavy atom. The van der Waals surface area contributed by atoms with Crippen molar-refractivity contribution in [3.05, 3.63) is 76.3 Å². The molecular formula is C23H20ClFLiN7O-2. The Morgan fingerprint density at radius 1 is 1.26 bits per heavy atom. The number of nitrogens with zero attached hydrogens (tertiary/aromatic N) is 6. The zero-order valence-corrected chi connectivity index (χ0v) is 19.5. The summed E-state index contributed by atoms with van der Waals surface area (Å²) in [6.45, 7) is 3.39. The van der Waals surface area contributed by atoms with Crippen LogP contribution >= 0.6 is 11.6 Å². The van der Waals surface area contributed by atoms with Crippen molar-refractivity contribution < 1.29 is 28.4 Å². The summed E-state index contributed by atoms with van der Waals surface area (Å²) in [5.74, 6) is 1.43. The number of hydrogen-bond acceptors (Lipinski definition) is 7. The fourth-order valence-electron chi connectivity index (χ4n) is 3.01. The first-order chi connectivity index (χ1) is 15.8. The summed E-state index contributed by atoms with van der Waals surface area (Å²) in [6.07, 6.45) is 5.40. The number of aromatic nitrogens is 3. The van der Waals surface area contributed by atoms with Gasteiger partial charge in [-0.25, -0.2) is 14.4 Å². The molecule has 1 aliphatic rings. The summed E-state index contributed by atoms with van der Waals surface area (Å²) < 4.78 is 12.3. The number of rotatable bonds is 4. The molecule has 0 amide bonds. The van der Waals surface area contributed by atoms with Gasteiger partial charge in [-0.15, -0.1) is 41.9 Å². The number of anilines is 3. The van der Waals surface area contributed by atoms with E-state index in [0.717, 1.165) is 44.0 Å². The molecule has 0 radical (unpaired) electrons. The van der Waals surface area contributed by atoms with E-state index in [4.69, 9.17) is 22.3 Å². The minimum Gasteiger partial charge on any atom is -0.862 e. The van der Waals surface area contributed by atoms with Crippen LogP contribution in [0, 0.1) is 29.3 Å². The van der Waals surface area contributed by atoms with Crippen LogP contribution in [-0.2, 0) is 0 Å². The van der Waals surface area contributed by atoms with Gasteiger partial charge >= 0.3 is 18.9 Å².